The fraction of sp³-hybridized carbons (Fsp3) is 0.727. The van der Waals surface area contributed by atoms with Crippen LogP contribution in [0.5, 0.6) is 0 Å². The van der Waals surface area contributed by atoms with E-state index < -0.39 is 0 Å². The first-order valence-corrected chi connectivity index (χ1v) is 5.58. The molecule has 0 radical (unpaired) electrons. The highest BCUT2D eigenvalue weighted by molar-refractivity contribution is 4.99. The van der Waals surface area contributed by atoms with Crippen LogP contribution in [-0.2, 0) is 6.54 Å². The molecule has 14 heavy (non-hydrogen) atoms. The molecule has 0 bridgehead atoms. The summed E-state index contributed by atoms with van der Waals surface area (Å²) in [6.45, 7) is 2.93. The largest absolute Gasteiger partial charge is 0.345 e. The number of hydrogen-bond acceptors (Lipinski definition) is 2. The first-order chi connectivity index (χ1) is 6.84. The van der Waals surface area contributed by atoms with E-state index in [9.17, 15) is 0 Å². The molecule has 1 saturated carbocycles. The van der Waals surface area contributed by atoms with Crippen molar-refractivity contribution in [2.24, 2.45) is 0 Å². The Balaban J connectivity index is 1.76. The van der Waals surface area contributed by atoms with Gasteiger partial charge in [0.05, 0.1) is 0 Å². The number of aromatic nitrogens is 2. The summed E-state index contributed by atoms with van der Waals surface area (Å²) in [6.07, 6.45) is 8.80. The lowest BCUT2D eigenvalue weighted by Crippen LogP contribution is -2.30. The zero-order chi connectivity index (χ0) is 9.80. The molecule has 0 spiro atoms. The zero-order valence-corrected chi connectivity index (χ0v) is 8.84. The van der Waals surface area contributed by atoms with Crippen molar-refractivity contribution >= 4 is 0 Å². The Morgan fingerprint density at radius 3 is 2.86 bits per heavy atom. The summed E-state index contributed by atoms with van der Waals surface area (Å²) >= 11 is 0. The summed E-state index contributed by atoms with van der Waals surface area (Å²) in [7, 11) is 0. The Morgan fingerprint density at radius 2 is 2.21 bits per heavy atom. The smallest absolute Gasteiger partial charge is 0.103 e. The van der Waals surface area contributed by atoms with Crippen LogP contribution in [0.4, 0.5) is 0 Å². The Bertz CT molecular complexity index is 274. The summed E-state index contributed by atoms with van der Waals surface area (Å²) < 4.78 is 0. The summed E-state index contributed by atoms with van der Waals surface area (Å²) in [4.78, 5) is 7.43. The van der Waals surface area contributed by atoms with Crippen molar-refractivity contribution in [3.8, 4) is 0 Å². The molecular weight excluding hydrogens is 174 g/mol. The van der Waals surface area contributed by atoms with E-state index in [1.807, 2.05) is 13.1 Å². The highest BCUT2D eigenvalue weighted by Gasteiger charge is 2.12. The molecule has 1 aromatic rings. The number of rotatable bonds is 3. The second-order valence-electron chi connectivity index (χ2n) is 4.21. The van der Waals surface area contributed by atoms with E-state index >= 15 is 0 Å². The summed E-state index contributed by atoms with van der Waals surface area (Å²) in [5.74, 6) is 1.01. The average Bonchev–Trinajstić information content (AvgIpc) is 2.63. The molecule has 2 N–H and O–H groups in total. The Morgan fingerprint density at radius 1 is 1.43 bits per heavy atom. The predicted octanol–water partition coefficient (Wildman–Crippen LogP) is 2.14. The molecule has 3 nitrogen and oxygen atoms in total. The molecule has 0 amide bonds. The second kappa shape index (κ2) is 4.60. The predicted molar refractivity (Wildman–Crippen MR) is 57.0 cm³/mol. The van der Waals surface area contributed by atoms with Crippen LogP contribution in [-0.4, -0.2) is 16.0 Å². The average molecular weight is 193 g/mol. The number of H-pyrrole nitrogens is 1. The molecule has 0 saturated heterocycles. The molecule has 0 atom stereocenters. The van der Waals surface area contributed by atoms with Crippen molar-refractivity contribution in [2.75, 3.05) is 0 Å². The van der Waals surface area contributed by atoms with Crippen LogP contribution in [0.3, 0.4) is 0 Å². The van der Waals surface area contributed by atoms with Crippen LogP contribution in [0.15, 0.2) is 6.20 Å². The molecule has 2 rings (SSSR count). The number of aromatic amines is 1. The van der Waals surface area contributed by atoms with Crippen LogP contribution in [0, 0.1) is 6.92 Å². The van der Waals surface area contributed by atoms with Gasteiger partial charge in [0.15, 0.2) is 0 Å². The third-order valence-corrected chi connectivity index (χ3v) is 2.94. The molecule has 1 aliphatic rings. The van der Waals surface area contributed by atoms with Gasteiger partial charge in [-0.2, -0.15) is 0 Å². The van der Waals surface area contributed by atoms with Gasteiger partial charge in [-0.05, 0) is 19.8 Å². The van der Waals surface area contributed by atoms with Crippen molar-refractivity contribution in [2.45, 2.75) is 51.6 Å². The second-order valence-corrected chi connectivity index (χ2v) is 4.21. The number of imidazole rings is 1. The molecule has 1 aliphatic carbocycles. The maximum Gasteiger partial charge on any atom is 0.103 e. The van der Waals surface area contributed by atoms with E-state index in [1.54, 1.807) is 0 Å². The summed E-state index contributed by atoms with van der Waals surface area (Å²) in [5, 5.41) is 3.58. The van der Waals surface area contributed by atoms with Crippen LogP contribution >= 0.6 is 0 Å². The molecule has 1 heterocycles. The van der Waals surface area contributed by atoms with Crippen LogP contribution < -0.4 is 5.32 Å². The summed E-state index contributed by atoms with van der Waals surface area (Å²) in [6, 6.07) is 0.729. The highest BCUT2D eigenvalue weighted by Crippen LogP contribution is 2.17. The van der Waals surface area contributed by atoms with Gasteiger partial charge in [-0.25, -0.2) is 4.98 Å². The van der Waals surface area contributed by atoms with E-state index in [1.165, 1.54) is 37.8 Å². The van der Waals surface area contributed by atoms with Gasteiger partial charge < -0.3 is 10.3 Å². The maximum atomic E-state index is 4.18. The Labute approximate surface area is 85.3 Å². The monoisotopic (exact) mass is 193 g/mol. The lowest BCUT2D eigenvalue weighted by atomic mass is 9.95. The van der Waals surface area contributed by atoms with E-state index in [2.05, 4.69) is 15.3 Å². The SMILES string of the molecule is Cc1ncc(CNC2CCCCC2)[nH]1. The fourth-order valence-electron chi connectivity index (χ4n) is 2.12. The zero-order valence-electron chi connectivity index (χ0n) is 8.84. The van der Waals surface area contributed by atoms with E-state index in [4.69, 9.17) is 0 Å². The van der Waals surface area contributed by atoms with E-state index in [0.717, 1.165) is 18.4 Å². The third kappa shape index (κ3) is 2.58. The van der Waals surface area contributed by atoms with Gasteiger partial charge in [-0.15, -0.1) is 0 Å². The van der Waals surface area contributed by atoms with Crippen LogP contribution in [0.25, 0.3) is 0 Å². The van der Waals surface area contributed by atoms with Crippen molar-refractivity contribution < 1.29 is 0 Å². The molecule has 0 aliphatic heterocycles. The van der Waals surface area contributed by atoms with Crippen molar-refractivity contribution in [3.63, 3.8) is 0 Å². The number of nitrogens with one attached hydrogen (secondary N) is 2. The van der Waals surface area contributed by atoms with Crippen molar-refractivity contribution in [1.82, 2.24) is 15.3 Å². The molecule has 78 valence electrons. The lowest BCUT2D eigenvalue weighted by molar-refractivity contribution is 0.371. The first kappa shape index (κ1) is 9.71. The molecule has 0 aromatic carbocycles. The topological polar surface area (TPSA) is 40.7 Å². The van der Waals surface area contributed by atoms with Gasteiger partial charge in [0.2, 0.25) is 0 Å². The van der Waals surface area contributed by atoms with Crippen LogP contribution in [0.2, 0.25) is 0 Å². The maximum absolute atomic E-state index is 4.18. The van der Waals surface area contributed by atoms with Crippen LogP contribution in [0.1, 0.15) is 43.6 Å². The van der Waals surface area contributed by atoms with Gasteiger partial charge in [-0.1, -0.05) is 19.3 Å². The van der Waals surface area contributed by atoms with Crippen molar-refractivity contribution in [3.05, 3.63) is 17.7 Å². The van der Waals surface area contributed by atoms with E-state index in [0.29, 0.717) is 0 Å². The standard InChI is InChI=1S/C11H19N3/c1-9-12-7-11(14-9)8-13-10-5-3-2-4-6-10/h7,10,13H,2-6,8H2,1H3,(H,12,14). The molecule has 0 unspecified atom stereocenters. The molecule has 3 heteroatoms. The van der Waals surface area contributed by atoms with Gasteiger partial charge in [-0.3, -0.25) is 0 Å². The minimum atomic E-state index is 0.729. The number of hydrogen-bond donors (Lipinski definition) is 2. The van der Waals surface area contributed by atoms with Gasteiger partial charge in [0, 0.05) is 24.5 Å². The lowest BCUT2D eigenvalue weighted by Gasteiger charge is -2.22. The fourth-order valence-corrected chi connectivity index (χ4v) is 2.12. The Kier molecular flexibility index (Phi) is 3.19. The Hall–Kier alpha value is -0.830. The van der Waals surface area contributed by atoms with Gasteiger partial charge in [0.1, 0.15) is 5.82 Å². The minimum Gasteiger partial charge on any atom is -0.345 e. The van der Waals surface area contributed by atoms with Crippen molar-refractivity contribution in [1.29, 1.82) is 0 Å². The minimum absolute atomic E-state index is 0.729. The van der Waals surface area contributed by atoms with Gasteiger partial charge in [0.25, 0.3) is 0 Å². The molecule has 1 aromatic heterocycles. The first-order valence-electron chi connectivity index (χ1n) is 5.58. The summed E-state index contributed by atoms with van der Waals surface area (Å²) in [5.41, 5.74) is 1.20. The quantitative estimate of drug-likeness (QED) is 0.772. The number of nitrogens with zero attached hydrogens (tertiary/aromatic N) is 1. The molecular formula is C11H19N3. The number of aryl methyl sites for hydroxylation is 1. The van der Waals surface area contributed by atoms with Gasteiger partial charge >= 0.3 is 0 Å². The highest BCUT2D eigenvalue weighted by atomic mass is 15.0. The molecule has 1 fully saturated rings. The van der Waals surface area contributed by atoms with E-state index in [-0.39, 0.29) is 0 Å². The normalized spacial score (nSPS) is 18.6. The third-order valence-electron chi connectivity index (χ3n) is 2.94.